The van der Waals surface area contributed by atoms with Crippen molar-refractivity contribution in [1.82, 2.24) is 19.7 Å². The topological polar surface area (TPSA) is 42.2 Å². The van der Waals surface area contributed by atoms with Gasteiger partial charge in [0, 0.05) is 24.6 Å². The van der Waals surface area contributed by atoms with Gasteiger partial charge in [-0.25, -0.2) is 9.97 Å². The molecule has 4 heteroatoms. The quantitative estimate of drug-likeness (QED) is 0.730. The Labute approximate surface area is 82.0 Å². The van der Waals surface area contributed by atoms with Crippen LogP contribution in [0.5, 0.6) is 0 Å². The molecule has 1 aliphatic rings. The van der Waals surface area contributed by atoms with Gasteiger partial charge in [-0.1, -0.05) is 0 Å². The van der Waals surface area contributed by atoms with Crippen molar-refractivity contribution >= 4 is 5.78 Å². The van der Waals surface area contributed by atoms with E-state index in [4.69, 9.17) is 0 Å². The van der Waals surface area contributed by atoms with Crippen LogP contribution in [0.1, 0.15) is 24.6 Å². The van der Waals surface area contributed by atoms with Crippen molar-refractivity contribution in [1.29, 1.82) is 0 Å². The van der Waals surface area contributed by atoms with E-state index in [9.17, 15) is 0 Å². The maximum absolute atomic E-state index is 4.51. The SMILES string of the molecule is c1cn2ccc(C3CCCN3)nc2n1. The van der Waals surface area contributed by atoms with Crippen LogP contribution in [0.25, 0.3) is 5.78 Å². The van der Waals surface area contributed by atoms with E-state index in [1.165, 1.54) is 12.8 Å². The number of imidazole rings is 1. The van der Waals surface area contributed by atoms with Crippen LogP contribution < -0.4 is 5.32 Å². The summed E-state index contributed by atoms with van der Waals surface area (Å²) in [6, 6.07) is 2.49. The third kappa shape index (κ3) is 1.19. The Balaban J connectivity index is 2.04. The molecule has 4 nitrogen and oxygen atoms in total. The normalized spacial score (nSPS) is 21.9. The minimum Gasteiger partial charge on any atom is -0.309 e. The molecule has 0 saturated carbocycles. The van der Waals surface area contributed by atoms with Crippen molar-refractivity contribution in [2.75, 3.05) is 6.54 Å². The molecule has 0 bridgehead atoms. The van der Waals surface area contributed by atoms with Crippen LogP contribution in [0, 0.1) is 0 Å². The highest BCUT2D eigenvalue weighted by Gasteiger charge is 2.17. The molecule has 0 aromatic carbocycles. The second-order valence-electron chi connectivity index (χ2n) is 3.64. The van der Waals surface area contributed by atoms with Gasteiger partial charge in [-0.05, 0) is 25.5 Å². The van der Waals surface area contributed by atoms with E-state index in [2.05, 4.69) is 21.4 Å². The third-order valence-corrected chi connectivity index (χ3v) is 2.70. The summed E-state index contributed by atoms with van der Waals surface area (Å²) < 4.78 is 1.93. The van der Waals surface area contributed by atoms with E-state index >= 15 is 0 Å². The monoisotopic (exact) mass is 188 g/mol. The van der Waals surface area contributed by atoms with E-state index in [0.29, 0.717) is 6.04 Å². The maximum atomic E-state index is 4.51. The van der Waals surface area contributed by atoms with Crippen LogP contribution in [0.3, 0.4) is 0 Å². The summed E-state index contributed by atoms with van der Waals surface area (Å²) in [6.07, 6.45) is 8.13. The highest BCUT2D eigenvalue weighted by molar-refractivity contribution is 5.29. The van der Waals surface area contributed by atoms with Gasteiger partial charge in [0.25, 0.3) is 0 Å². The van der Waals surface area contributed by atoms with E-state index in [1.807, 2.05) is 16.8 Å². The number of fused-ring (bicyclic) bond motifs is 1. The van der Waals surface area contributed by atoms with Gasteiger partial charge in [-0.2, -0.15) is 0 Å². The minimum atomic E-state index is 0.427. The molecule has 3 rings (SSSR count). The summed E-state index contributed by atoms with van der Waals surface area (Å²) in [4.78, 5) is 8.68. The van der Waals surface area contributed by atoms with Crippen molar-refractivity contribution in [3.8, 4) is 0 Å². The van der Waals surface area contributed by atoms with Crippen LogP contribution in [0.4, 0.5) is 0 Å². The number of rotatable bonds is 1. The molecule has 1 atom stereocenters. The first kappa shape index (κ1) is 7.94. The molecular formula is C10H12N4. The van der Waals surface area contributed by atoms with Crippen molar-refractivity contribution in [3.63, 3.8) is 0 Å². The van der Waals surface area contributed by atoms with E-state index in [1.54, 1.807) is 6.20 Å². The van der Waals surface area contributed by atoms with Crippen molar-refractivity contribution in [2.45, 2.75) is 18.9 Å². The number of hydrogen-bond donors (Lipinski definition) is 1. The lowest BCUT2D eigenvalue weighted by Crippen LogP contribution is -2.14. The second kappa shape index (κ2) is 3.06. The number of nitrogens with zero attached hydrogens (tertiary/aromatic N) is 3. The van der Waals surface area contributed by atoms with Gasteiger partial charge in [-0.3, -0.25) is 4.40 Å². The van der Waals surface area contributed by atoms with E-state index in [0.717, 1.165) is 18.0 Å². The Morgan fingerprint density at radius 1 is 1.43 bits per heavy atom. The van der Waals surface area contributed by atoms with Crippen molar-refractivity contribution < 1.29 is 0 Å². The van der Waals surface area contributed by atoms with E-state index in [-0.39, 0.29) is 0 Å². The Bertz CT molecular complexity index is 442. The van der Waals surface area contributed by atoms with Crippen molar-refractivity contribution in [2.24, 2.45) is 0 Å². The maximum Gasteiger partial charge on any atom is 0.233 e. The highest BCUT2D eigenvalue weighted by atomic mass is 15.1. The Kier molecular flexibility index (Phi) is 1.73. The number of aromatic nitrogens is 3. The predicted octanol–water partition coefficient (Wildman–Crippen LogP) is 1.15. The zero-order chi connectivity index (χ0) is 9.38. The summed E-state index contributed by atoms with van der Waals surface area (Å²) >= 11 is 0. The van der Waals surface area contributed by atoms with Gasteiger partial charge < -0.3 is 5.32 Å². The first-order valence-electron chi connectivity index (χ1n) is 4.96. The summed E-state index contributed by atoms with van der Waals surface area (Å²) in [5.41, 5.74) is 1.11. The highest BCUT2D eigenvalue weighted by Crippen LogP contribution is 2.20. The fourth-order valence-electron chi connectivity index (χ4n) is 1.95. The van der Waals surface area contributed by atoms with Crippen LogP contribution in [-0.2, 0) is 0 Å². The molecule has 14 heavy (non-hydrogen) atoms. The zero-order valence-corrected chi connectivity index (χ0v) is 7.85. The van der Waals surface area contributed by atoms with Crippen LogP contribution in [0.15, 0.2) is 24.7 Å². The second-order valence-corrected chi connectivity index (χ2v) is 3.64. The summed E-state index contributed by atoms with van der Waals surface area (Å²) in [6.45, 7) is 1.10. The van der Waals surface area contributed by atoms with Crippen LogP contribution in [0.2, 0.25) is 0 Å². The average Bonchev–Trinajstić information content (AvgIpc) is 2.88. The number of nitrogens with one attached hydrogen (secondary N) is 1. The van der Waals surface area contributed by atoms with Crippen molar-refractivity contribution in [3.05, 3.63) is 30.4 Å². The van der Waals surface area contributed by atoms with Gasteiger partial charge in [0.2, 0.25) is 5.78 Å². The standard InChI is InChI=1S/C10H12N4/c1-2-8(11-4-1)9-3-6-14-7-5-12-10(14)13-9/h3,5-8,11H,1-2,4H2. The fraction of sp³-hybridized carbons (Fsp3) is 0.400. The zero-order valence-electron chi connectivity index (χ0n) is 7.85. The molecule has 1 fully saturated rings. The molecular weight excluding hydrogens is 176 g/mol. The molecule has 1 N–H and O–H groups in total. The van der Waals surface area contributed by atoms with Gasteiger partial charge >= 0.3 is 0 Å². The summed E-state index contributed by atoms with van der Waals surface area (Å²) in [7, 11) is 0. The Morgan fingerprint density at radius 2 is 2.43 bits per heavy atom. The lowest BCUT2D eigenvalue weighted by atomic mass is 10.1. The molecule has 0 radical (unpaired) electrons. The predicted molar refractivity (Wildman–Crippen MR) is 53.0 cm³/mol. The lowest BCUT2D eigenvalue weighted by molar-refractivity contribution is 0.627. The average molecular weight is 188 g/mol. The van der Waals surface area contributed by atoms with Crippen LogP contribution >= 0.6 is 0 Å². The molecule has 1 unspecified atom stereocenters. The lowest BCUT2D eigenvalue weighted by Gasteiger charge is -2.08. The molecule has 0 amide bonds. The van der Waals surface area contributed by atoms with Gasteiger partial charge in [0.05, 0.1) is 5.69 Å². The Hall–Kier alpha value is -1.42. The first-order chi connectivity index (χ1) is 6.93. The largest absolute Gasteiger partial charge is 0.309 e. The number of hydrogen-bond acceptors (Lipinski definition) is 3. The molecule has 2 aromatic rings. The summed E-state index contributed by atoms with van der Waals surface area (Å²) in [5, 5.41) is 3.43. The molecule has 1 saturated heterocycles. The molecule has 3 heterocycles. The molecule has 72 valence electrons. The molecule has 0 spiro atoms. The molecule has 0 aliphatic carbocycles. The Morgan fingerprint density at radius 3 is 3.29 bits per heavy atom. The third-order valence-electron chi connectivity index (χ3n) is 2.70. The first-order valence-corrected chi connectivity index (χ1v) is 4.96. The van der Waals surface area contributed by atoms with Gasteiger partial charge in [-0.15, -0.1) is 0 Å². The van der Waals surface area contributed by atoms with Crippen LogP contribution in [-0.4, -0.2) is 20.9 Å². The molecule has 1 aliphatic heterocycles. The summed E-state index contributed by atoms with van der Waals surface area (Å²) in [5.74, 6) is 0.788. The van der Waals surface area contributed by atoms with Gasteiger partial charge in [0.1, 0.15) is 0 Å². The minimum absolute atomic E-state index is 0.427. The van der Waals surface area contributed by atoms with Gasteiger partial charge in [0.15, 0.2) is 0 Å². The van der Waals surface area contributed by atoms with E-state index < -0.39 is 0 Å². The fourth-order valence-corrected chi connectivity index (χ4v) is 1.95. The molecule has 2 aromatic heterocycles. The smallest absolute Gasteiger partial charge is 0.233 e.